The molecule has 6 nitrogen and oxygen atoms in total. The van der Waals surface area contributed by atoms with Gasteiger partial charge in [0.2, 0.25) is 5.91 Å². The van der Waals surface area contributed by atoms with Gasteiger partial charge in [0.15, 0.2) is 0 Å². The van der Waals surface area contributed by atoms with Gasteiger partial charge in [0.05, 0.1) is 12.0 Å². The van der Waals surface area contributed by atoms with Crippen molar-refractivity contribution in [2.75, 3.05) is 32.8 Å². The molecule has 2 fully saturated rings. The van der Waals surface area contributed by atoms with Crippen LogP contribution >= 0.6 is 0 Å². The zero-order valence-electron chi connectivity index (χ0n) is 14.4. The SMILES string of the molecule is O=C(N[C@H]1COc2ccccc21)[C@@H]1CCCN(C(=O)N2CCCC2)C1. The fourth-order valence-electron chi connectivity index (χ4n) is 4.05. The molecule has 1 aromatic carbocycles. The van der Waals surface area contributed by atoms with Crippen LogP contribution in [0.2, 0.25) is 0 Å². The van der Waals surface area contributed by atoms with Crippen LogP contribution in [0.15, 0.2) is 24.3 Å². The van der Waals surface area contributed by atoms with Crippen molar-refractivity contribution in [3.8, 4) is 5.75 Å². The van der Waals surface area contributed by atoms with E-state index >= 15 is 0 Å². The number of nitrogens with zero attached hydrogens (tertiary/aromatic N) is 2. The molecule has 0 aliphatic carbocycles. The molecule has 6 heteroatoms. The molecular formula is C19H25N3O3. The number of urea groups is 1. The van der Waals surface area contributed by atoms with Gasteiger partial charge in [0.25, 0.3) is 0 Å². The van der Waals surface area contributed by atoms with E-state index in [9.17, 15) is 9.59 Å². The van der Waals surface area contributed by atoms with Crippen LogP contribution in [0.3, 0.4) is 0 Å². The molecule has 3 aliphatic heterocycles. The van der Waals surface area contributed by atoms with E-state index in [4.69, 9.17) is 4.74 Å². The van der Waals surface area contributed by atoms with Gasteiger partial charge >= 0.3 is 6.03 Å². The minimum Gasteiger partial charge on any atom is -0.491 e. The van der Waals surface area contributed by atoms with E-state index in [1.54, 1.807) is 0 Å². The van der Waals surface area contributed by atoms with Crippen LogP contribution in [-0.2, 0) is 4.79 Å². The number of carbonyl (C=O) groups is 2. The summed E-state index contributed by atoms with van der Waals surface area (Å²) >= 11 is 0. The van der Waals surface area contributed by atoms with Gasteiger partial charge in [0.1, 0.15) is 12.4 Å². The van der Waals surface area contributed by atoms with E-state index in [0.29, 0.717) is 13.2 Å². The summed E-state index contributed by atoms with van der Waals surface area (Å²) in [5, 5.41) is 3.12. The maximum absolute atomic E-state index is 12.7. The number of ether oxygens (including phenoxy) is 1. The molecule has 0 spiro atoms. The Labute approximate surface area is 148 Å². The van der Waals surface area contributed by atoms with Gasteiger partial charge in [-0.2, -0.15) is 0 Å². The molecular weight excluding hydrogens is 318 g/mol. The predicted octanol–water partition coefficient (Wildman–Crippen LogP) is 2.16. The second-order valence-corrected chi connectivity index (χ2v) is 7.17. The Bertz CT molecular complexity index is 657. The van der Waals surface area contributed by atoms with E-state index in [-0.39, 0.29) is 23.9 Å². The number of amides is 3. The second-order valence-electron chi connectivity index (χ2n) is 7.17. The molecule has 3 amide bonds. The normalized spacial score (nSPS) is 25.4. The highest BCUT2D eigenvalue weighted by Gasteiger charge is 2.33. The van der Waals surface area contributed by atoms with Crippen LogP contribution in [0.1, 0.15) is 37.3 Å². The molecule has 0 unspecified atom stereocenters. The van der Waals surface area contributed by atoms with Crippen LogP contribution in [0.25, 0.3) is 0 Å². The second kappa shape index (κ2) is 6.94. The number of benzene rings is 1. The number of carbonyl (C=O) groups excluding carboxylic acids is 2. The highest BCUT2D eigenvalue weighted by atomic mass is 16.5. The Kier molecular flexibility index (Phi) is 4.51. The summed E-state index contributed by atoms with van der Waals surface area (Å²) in [7, 11) is 0. The smallest absolute Gasteiger partial charge is 0.320 e. The molecule has 2 atom stereocenters. The number of rotatable bonds is 2. The van der Waals surface area contributed by atoms with Gasteiger partial charge in [-0.15, -0.1) is 0 Å². The summed E-state index contributed by atoms with van der Waals surface area (Å²) in [6, 6.07) is 7.84. The summed E-state index contributed by atoms with van der Waals surface area (Å²) in [5.74, 6) is 0.750. The van der Waals surface area contributed by atoms with Crippen LogP contribution in [-0.4, -0.2) is 54.5 Å². The van der Waals surface area contributed by atoms with Crippen molar-refractivity contribution in [1.82, 2.24) is 15.1 Å². The molecule has 0 aromatic heterocycles. The summed E-state index contributed by atoms with van der Waals surface area (Å²) < 4.78 is 5.64. The lowest BCUT2D eigenvalue weighted by molar-refractivity contribution is -0.127. The van der Waals surface area contributed by atoms with Crippen molar-refractivity contribution in [1.29, 1.82) is 0 Å². The van der Waals surface area contributed by atoms with Gasteiger partial charge < -0.3 is 19.9 Å². The van der Waals surface area contributed by atoms with Crippen molar-refractivity contribution in [2.45, 2.75) is 31.7 Å². The van der Waals surface area contributed by atoms with Crippen molar-refractivity contribution >= 4 is 11.9 Å². The standard InChI is InChI=1S/C19H25N3O3/c23-18(20-16-13-25-17-8-2-1-7-15(16)17)14-6-5-11-22(12-14)19(24)21-9-3-4-10-21/h1-2,7-8,14,16H,3-6,9-13H2,(H,20,23)/t14-,16+/m1/s1. The van der Waals surface area contributed by atoms with Gasteiger partial charge in [-0.25, -0.2) is 4.79 Å². The largest absolute Gasteiger partial charge is 0.491 e. The fourth-order valence-corrected chi connectivity index (χ4v) is 4.05. The number of para-hydroxylation sites is 1. The molecule has 3 aliphatic rings. The predicted molar refractivity (Wildman–Crippen MR) is 93.3 cm³/mol. The van der Waals surface area contributed by atoms with Crippen LogP contribution in [0.5, 0.6) is 5.75 Å². The van der Waals surface area contributed by atoms with E-state index in [0.717, 1.165) is 56.6 Å². The summed E-state index contributed by atoms with van der Waals surface area (Å²) in [6.07, 6.45) is 3.90. The quantitative estimate of drug-likeness (QED) is 0.895. The number of likely N-dealkylation sites (tertiary alicyclic amines) is 2. The lowest BCUT2D eigenvalue weighted by Crippen LogP contribution is -2.50. The Hall–Kier alpha value is -2.24. The summed E-state index contributed by atoms with van der Waals surface area (Å²) in [6.45, 7) is 3.46. The molecule has 1 N–H and O–H groups in total. The number of hydrogen-bond acceptors (Lipinski definition) is 3. The highest BCUT2D eigenvalue weighted by molar-refractivity contribution is 5.81. The zero-order chi connectivity index (χ0) is 17.2. The first-order valence-corrected chi connectivity index (χ1v) is 9.28. The van der Waals surface area contributed by atoms with E-state index in [1.165, 1.54) is 0 Å². The van der Waals surface area contributed by atoms with E-state index in [1.807, 2.05) is 34.1 Å². The van der Waals surface area contributed by atoms with Gasteiger partial charge in [-0.3, -0.25) is 4.79 Å². The first kappa shape index (κ1) is 16.2. The third kappa shape index (κ3) is 3.30. The molecule has 2 saturated heterocycles. The fraction of sp³-hybridized carbons (Fsp3) is 0.579. The summed E-state index contributed by atoms with van der Waals surface area (Å²) in [5.41, 5.74) is 1.04. The molecule has 1 aromatic rings. The maximum atomic E-state index is 12.7. The van der Waals surface area contributed by atoms with Crippen LogP contribution in [0.4, 0.5) is 4.79 Å². The zero-order valence-corrected chi connectivity index (χ0v) is 14.4. The number of fused-ring (bicyclic) bond motifs is 1. The average molecular weight is 343 g/mol. The molecule has 134 valence electrons. The van der Waals surface area contributed by atoms with Crippen molar-refractivity contribution in [3.63, 3.8) is 0 Å². The average Bonchev–Trinajstić information content (AvgIpc) is 3.32. The lowest BCUT2D eigenvalue weighted by Gasteiger charge is -2.35. The number of hydrogen-bond donors (Lipinski definition) is 1. The topological polar surface area (TPSA) is 61.9 Å². The van der Waals surface area contributed by atoms with Crippen molar-refractivity contribution < 1.29 is 14.3 Å². The molecule has 3 heterocycles. The maximum Gasteiger partial charge on any atom is 0.320 e. The Morgan fingerprint density at radius 1 is 1.04 bits per heavy atom. The monoisotopic (exact) mass is 343 g/mol. The first-order valence-electron chi connectivity index (χ1n) is 9.28. The van der Waals surface area contributed by atoms with Crippen LogP contribution < -0.4 is 10.1 Å². The Morgan fingerprint density at radius 2 is 1.80 bits per heavy atom. The molecule has 4 rings (SSSR count). The van der Waals surface area contributed by atoms with Crippen LogP contribution in [0, 0.1) is 5.92 Å². The molecule has 25 heavy (non-hydrogen) atoms. The molecule has 0 bridgehead atoms. The third-order valence-electron chi connectivity index (χ3n) is 5.46. The van der Waals surface area contributed by atoms with Crippen molar-refractivity contribution in [3.05, 3.63) is 29.8 Å². The van der Waals surface area contributed by atoms with Gasteiger partial charge in [0, 0.05) is 31.7 Å². The summed E-state index contributed by atoms with van der Waals surface area (Å²) in [4.78, 5) is 29.1. The molecule has 0 radical (unpaired) electrons. The highest BCUT2D eigenvalue weighted by Crippen LogP contribution is 2.32. The first-order chi connectivity index (χ1) is 12.2. The van der Waals surface area contributed by atoms with E-state index < -0.39 is 0 Å². The van der Waals surface area contributed by atoms with Gasteiger partial charge in [-0.1, -0.05) is 18.2 Å². The number of nitrogens with one attached hydrogen (secondary N) is 1. The minimum atomic E-state index is -0.131. The Morgan fingerprint density at radius 3 is 2.64 bits per heavy atom. The van der Waals surface area contributed by atoms with Crippen molar-refractivity contribution in [2.24, 2.45) is 5.92 Å². The third-order valence-corrected chi connectivity index (χ3v) is 5.46. The Balaban J connectivity index is 1.36. The lowest BCUT2D eigenvalue weighted by atomic mass is 9.96. The number of piperidine rings is 1. The minimum absolute atomic E-state index is 0.0317. The van der Waals surface area contributed by atoms with E-state index in [2.05, 4.69) is 5.32 Å². The molecule has 0 saturated carbocycles. The van der Waals surface area contributed by atoms with Gasteiger partial charge in [-0.05, 0) is 31.7 Å².